The Labute approximate surface area is 181 Å². The Balaban J connectivity index is 1.37. The summed E-state index contributed by atoms with van der Waals surface area (Å²) in [5.41, 5.74) is 3.00. The number of aryl methyl sites for hydroxylation is 2. The number of ether oxygens (including phenoxy) is 1. The third-order valence-electron chi connectivity index (χ3n) is 5.69. The van der Waals surface area contributed by atoms with Crippen LogP contribution in [0, 0.1) is 0 Å². The van der Waals surface area contributed by atoms with E-state index in [1.54, 1.807) is 24.2 Å². The number of anilines is 1. The highest BCUT2D eigenvalue weighted by Gasteiger charge is 2.21. The highest BCUT2D eigenvalue weighted by molar-refractivity contribution is 5.68. The van der Waals surface area contributed by atoms with Gasteiger partial charge in [0.2, 0.25) is 0 Å². The number of hydrogen-bond donors (Lipinski definition) is 2. The fourth-order valence-electron chi connectivity index (χ4n) is 4.05. The lowest BCUT2D eigenvalue weighted by Gasteiger charge is -2.25. The molecule has 4 rings (SSSR count). The molecule has 1 aliphatic rings. The van der Waals surface area contributed by atoms with Gasteiger partial charge in [0.1, 0.15) is 11.6 Å². The van der Waals surface area contributed by atoms with E-state index in [0.717, 1.165) is 49.2 Å². The maximum absolute atomic E-state index is 11.4. The van der Waals surface area contributed by atoms with Crippen LogP contribution >= 0.6 is 0 Å². The second-order valence-corrected chi connectivity index (χ2v) is 7.84. The van der Waals surface area contributed by atoms with Gasteiger partial charge in [-0.3, -0.25) is 14.5 Å². The molecular weight excluding hydrogens is 394 g/mol. The lowest BCUT2D eigenvalue weighted by molar-refractivity contribution is -0.137. The van der Waals surface area contributed by atoms with Crippen LogP contribution in [0.2, 0.25) is 0 Å². The number of carboxylic acid groups (broad SMARTS) is 1. The summed E-state index contributed by atoms with van der Waals surface area (Å²) in [5, 5.41) is 17.6. The Kier molecular flexibility index (Phi) is 6.45. The molecule has 162 valence electrons. The van der Waals surface area contributed by atoms with E-state index in [0.29, 0.717) is 11.8 Å². The first kappa shape index (κ1) is 20.8. The number of methoxy groups -OCH3 is 1. The van der Waals surface area contributed by atoms with Crippen molar-refractivity contribution in [1.29, 1.82) is 0 Å². The number of aromatic nitrogens is 4. The average Bonchev–Trinajstić information content (AvgIpc) is 3.26. The number of nitrogens with zero attached hydrogens (tertiary/aromatic N) is 4. The monoisotopic (exact) mass is 421 g/mol. The third-order valence-corrected chi connectivity index (χ3v) is 5.69. The van der Waals surface area contributed by atoms with Gasteiger partial charge >= 0.3 is 5.97 Å². The van der Waals surface area contributed by atoms with Gasteiger partial charge in [0.25, 0.3) is 0 Å². The summed E-state index contributed by atoms with van der Waals surface area (Å²) < 4.78 is 6.95. The van der Waals surface area contributed by atoms with E-state index in [2.05, 4.69) is 26.4 Å². The van der Waals surface area contributed by atoms with E-state index in [4.69, 9.17) is 4.74 Å². The molecule has 0 bridgehead atoms. The standard InChI is InChI=1S/C23H27N5O3/c1-31-20-12-17(14-24-15-20)21(13-22(29)30)28-11-9-19(27-28)6-2-5-18-8-7-16-4-3-10-25-23(16)26-18/h3-4,9-12,14-15,18,21H,2,5-8,13H2,1H3,(H,25,26)(H,29,30). The molecule has 4 heterocycles. The normalized spacial score (nSPS) is 16.2. The Morgan fingerprint density at radius 2 is 2.29 bits per heavy atom. The van der Waals surface area contributed by atoms with Crippen molar-refractivity contribution in [2.45, 2.75) is 50.6 Å². The highest BCUT2D eigenvalue weighted by Crippen LogP contribution is 2.26. The van der Waals surface area contributed by atoms with E-state index in [1.165, 1.54) is 5.56 Å². The van der Waals surface area contributed by atoms with E-state index >= 15 is 0 Å². The zero-order valence-corrected chi connectivity index (χ0v) is 17.6. The zero-order valence-electron chi connectivity index (χ0n) is 17.6. The summed E-state index contributed by atoms with van der Waals surface area (Å²) >= 11 is 0. The fraction of sp³-hybridized carbons (Fsp3) is 0.391. The second-order valence-electron chi connectivity index (χ2n) is 7.84. The third kappa shape index (κ3) is 5.20. The average molecular weight is 422 g/mol. The molecule has 2 atom stereocenters. The van der Waals surface area contributed by atoms with E-state index in [1.807, 2.05) is 30.6 Å². The minimum absolute atomic E-state index is 0.0750. The maximum Gasteiger partial charge on any atom is 0.305 e. The van der Waals surface area contributed by atoms with Gasteiger partial charge in [-0.1, -0.05) is 6.07 Å². The molecule has 0 saturated heterocycles. The van der Waals surface area contributed by atoms with Gasteiger partial charge in [0.15, 0.2) is 0 Å². The van der Waals surface area contributed by atoms with Crippen LogP contribution in [-0.2, 0) is 17.6 Å². The number of hydrogen-bond acceptors (Lipinski definition) is 6. The minimum Gasteiger partial charge on any atom is -0.495 e. The zero-order chi connectivity index (χ0) is 21.6. The first-order valence-electron chi connectivity index (χ1n) is 10.6. The van der Waals surface area contributed by atoms with E-state index in [9.17, 15) is 9.90 Å². The Bertz CT molecular complexity index is 1040. The van der Waals surface area contributed by atoms with Gasteiger partial charge < -0.3 is 15.2 Å². The van der Waals surface area contributed by atoms with Crippen molar-refractivity contribution in [1.82, 2.24) is 19.7 Å². The summed E-state index contributed by atoms with van der Waals surface area (Å²) in [6.07, 6.45) is 11.9. The number of fused-ring (bicyclic) bond motifs is 1. The molecule has 3 aromatic heterocycles. The molecule has 1 aliphatic heterocycles. The Morgan fingerprint density at radius 1 is 1.39 bits per heavy atom. The SMILES string of the molecule is COc1cncc(C(CC(=O)O)n2ccc(CCCC3CCc4cccnc4N3)n2)c1. The van der Waals surface area contributed by atoms with Crippen LogP contribution in [0.5, 0.6) is 5.75 Å². The molecular formula is C23H27N5O3. The number of carbonyl (C=O) groups is 1. The first-order chi connectivity index (χ1) is 15.1. The topological polar surface area (TPSA) is 102 Å². The fourth-order valence-corrected chi connectivity index (χ4v) is 4.05. The van der Waals surface area contributed by atoms with Crippen LogP contribution in [0.4, 0.5) is 5.82 Å². The summed E-state index contributed by atoms with van der Waals surface area (Å²) in [4.78, 5) is 20.0. The molecule has 2 unspecified atom stereocenters. The summed E-state index contributed by atoms with van der Waals surface area (Å²) in [5.74, 6) is 0.713. The maximum atomic E-state index is 11.4. The van der Waals surface area contributed by atoms with Crippen molar-refractivity contribution < 1.29 is 14.6 Å². The largest absolute Gasteiger partial charge is 0.495 e. The molecule has 0 aromatic carbocycles. The molecule has 0 amide bonds. The Hall–Kier alpha value is -3.42. The van der Waals surface area contributed by atoms with Crippen LogP contribution in [0.3, 0.4) is 0 Å². The van der Waals surface area contributed by atoms with Crippen molar-refractivity contribution in [3.63, 3.8) is 0 Å². The number of aliphatic carboxylic acids is 1. The molecule has 2 N–H and O–H groups in total. The summed E-state index contributed by atoms with van der Waals surface area (Å²) in [7, 11) is 1.56. The van der Waals surface area contributed by atoms with Crippen LogP contribution in [0.1, 0.15) is 48.5 Å². The van der Waals surface area contributed by atoms with E-state index < -0.39 is 12.0 Å². The predicted molar refractivity (Wildman–Crippen MR) is 116 cm³/mol. The van der Waals surface area contributed by atoms with Crippen LogP contribution in [-0.4, -0.2) is 44.0 Å². The lowest BCUT2D eigenvalue weighted by Crippen LogP contribution is -2.26. The van der Waals surface area contributed by atoms with Gasteiger partial charge in [-0.15, -0.1) is 0 Å². The number of pyridine rings is 2. The highest BCUT2D eigenvalue weighted by atomic mass is 16.5. The molecule has 31 heavy (non-hydrogen) atoms. The van der Waals surface area contributed by atoms with Gasteiger partial charge in [-0.05, 0) is 61.4 Å². The van der Waals surface area contributed by atoms with Gasteiger partial charge in [-0.25, -0.2) is 4.98 Å². The molecule has 0 fully saturated rings. The van der Waals surface area contributed by atoms with Crippen LogP contribution < -0.4 is 10.1 Å². The van der Waals surface area contributed by atoms with Gasteiger partial charge in [-0.2, -0.15) is 5.10 Å². The Morgan fingerprint density at radius 3 is 3.13 bits per heavy atom. The molecule has 0 radical (unpaired) electrons. The molecule has 3 aromatic rings. The van der Waals surface area contributed by atoms with Crippen molar-refractivity contribution in [2.24, 2.45) is 0 Å². The van der Waals surface area contributed by atoms with Crippen LogP contribution in [0.15, 0.2) is 49.1 Å². The van der Waals surface area contributed by atoms with Crippen LogP contribution in [0.25, 0.3) is 0 Å². The molecule has 0 spiro atoms. The second kappa shape index (κ2) is 9.59. The van der Waals surface area contributed by atoms with Gasteiger partial charge in [0.05, 0.1) is 31.5 Å². The smallest absolute Gasteiger partial charge is 0.305 e. The molecule has 0 saturated carbocycles. The van der Waals surface area contributed by atoms with Crippen molar-refractivity contribution in [2.75, 3.05) is 12.4 Å². The predicted octanol–water partition coefficient (Wildman–Crippen LogP) is 3.50. The van der Waals surface area contributed by atoms with E-state index in [-0.39, 0.29) is 6.42 Å². The number of rotatable bonds is 9. The first-order valence-corrected chi connectivity index (χ1v) is 10.6. The minimum atomic E-state index is -0.887. The van der Waals surface area contributed by atoms with Crippen molar-refractivity contribution in [3.05, 3.63) is 65.9 Å². The van der Waals surface area contributed by atoms with Crippen molar-refractivity contribution >= 4 is 11.8 Å². The molecule has 8 heteroatoms. The summed E-state index contributed by atoms with van der Waals surface area (Å²) in [6.45, 7) is 0. The number of carboxylic acids is 1. The molecule has 8 nitrogen and oxygen atoms in total. The summed E-state index contributed by atoms with van der Waals surface area (Å²) in [6, 6.07) is 7.87. The quantitative estimate of drug-likeness (QED) is 0.545. The van der Waals surface area contributed by atoms with Gasteiger partial charge in [0, 0.05) is 24.6 Å². The lowest BCUT2D eigenvalue weighted by atomic mass is 9.97. The van der Waals surface area contributed by atoms with Crippen molar-refractivity contribution in [3.8, 4) is 5.75 Å². The molecule has 0 aliphatic carbocycles. The number of nitrogens with one attached hydrogen (secondary N) is 1.